The number of thiazole rings is 1. The molecule has 0 atom stereocenters. The van der Waals surface area contributed by atoms with Crippen LogP contribution in [0.2, 0.25) is 0 Å². The summed E-state index contributed by atoms with van der Waals surface area (Å²) in [6, 6.07) is 5.99. The lowest BCUT2D eigenvalue weighted by atomic mass is 9.90. The van der Waals surface area contributed by atoms with E-state index in [1.165, 1.54) is 5.56 Å². The van der Waals surface area contributed by atoms with Gasteiger partial charge in [0.25, 0.3) is 0 Å². The molecule has 20 heavy (non-hydrogen) atoms. The molecular weight excluding hydrogens is 272 g/mol. The zero-order valence-electron chi connectivity index (χ0n) is 11.3. The Hall–Kier alpha value is -1.88. The van der Waals surface area contributed by atoms with Gasteiger partial charge in [0, 0.05) is 10.9 Å². The van der Waals surface area contributed by atoms with Crippen molar-refractivity contribution in [2.75, 3.05) is 0 Å². The van der Waals surface area contributed by atoms with Crippen LogP contribution in [-0.2, 0) is 13.0 Å². The average molecular weight is 288 g/mol. The van der Waals surface area contributed by atoms with E-state index in [2.05, 4.69) is 16.2 Å². The Kier molecular flexibility index (Phi) is 3.69. The molecule has 3 rings (SSSR count). The van der Waals surface area contributed by atoms with Crippen molar-refractivity contribution in [3.63, 3.8) is 0 Å². The minimum absolute atomic E-state index is 0.467. The van der Waals surface area contributed by atoms with Crippen molar-refractivity contribution in [2.24, 2.45) is 5.16 Å². The van der Waals surface area contributed by atoms with Gasteiger partial charge < -0.3 is 9.94 Å². The first kappa shape index (κ1) is 13.1. The van der Waals surface area contributed by atoms with E-state index in [1.807, 2.05) is 24.4 Å². The Labute approximate surface area is 121 Å². The van der Waals surface area contributed by atoms with Crippen molar-refractivity contribution in [1.29, 1.82) is 0 Å². The summed E-state index contributed by atoms with van der Waals surface area (Å²) in [6.07, 6.45) is 2.88. The third kappa shape index (κ3) is 2.67. The van der Waals surface area contributed by atoms with Crippen LogP contribution in [0.1, 0.15) is 34.7 Å². The van der Waals surface area contributed by atoms with Crippen molar-refractivity contribution < 1.29 is 9.94 Å². The van der Waals surface area contributed by atoms with Gasteiger partial charge in [0.1, 0.15) is 12.4 Å². The van der Waals surface area contributed by atoms with Gasteiger partial charge in [-0.3, -0.25) is 0 Å². The fourth-order valence-corrected chi connectivity index (χ4v) is 3.05. The standard InChI is InChI=1S/C15H16N2O2S/c1-10-16-12(9-20-10)8-19-13-6-5-11-3-2-4-15(17-18)14(11)7-13/h5-7,9,18H,2-4,8H2,1H3/b17-15-. The number of ether oxygens (including phenoxy) is 1. The molecule has 1 aliphatic carbocycles. The maximum absolute atomic E-state index is 9.08. The molecule has 0 amide bonds. The Morgan fingerprint density at radius 3 is 3.05 bits per heavy atom. The first-order chi connectivity index (χ1) is 9.76. The van der Waals surface area contributed by atoms with Crippen LogP contribution in [0.4, 0.5) is 0 Å². The predicted molar refractivity (Wildman–Crippen MR) is 78.9 cm³/mol. The molecule has 0 radical (unpaired) electrons. The highest BCUT2D eigenvalue weighted by Crippen LogP contribution is 2.26. The molecule has 0 spiro atoms. The number of fused-ring (bicyclic) bond motifs is 1. The molecule has 1 aromatic carbocycles. The summed E-state index contributed by atoms with van der Waals surface area (Å²) in [6.45, 7) is 2.45. The van der Waals surface area contributed by atoms with Crippen molar-refractivity contribution in [3.05, 3.63) is 45.4 Å². The van der Waals surface area contributed by atoms with Gasteiger partial charge in [0.05, 0.1) is 16.4 Å². The first-order valence-electron chi connectivity index (χ1n) is 6.64. The number of aryl methyl sites for hydroxylation is 2. The highest BCUT2D eigenvalue weighted by atomic mass is 32.1. The van der Waals surface area contributed by atoms with Crippen molar-refractivity contribution in [1.82, 2.24) is 4.98 Å². The topological polar surface area (TPSA) is 54.7 Å². The highest BCUT2D eigenvalue weighted by molar-refractivity contribution is 7.09. The summed E-state index contributed by atoms with van der Waals surface area (Å²) in [5, 5.41) is 15.5. The van der Waals surface area contributed by atoms with Crippen LogP contribution < -0.4 is 4.74 Å². The van der Waals surface area contributed by atoms with Gasteiger partial charge in [-0.15, -0.1) is 11.3 Å². The fourth-order valence-electron chi connectivity index (χ4n) is 2.45. The Morgan fingerprint density at radius 2 is 2.30 bits per heavy atom. The van der Waals surface area contributed by atoms with Gasteiger partial charge >= 0.3 is 0 Å². The van der Waals surface area contributed by atoms with Gasteiger partial charge in [-0.1, -0.05) is 11.2 Å². The molecular formula is C15H16N2O2S. The van der Waals surface area contributed by atoms with Gasteiger partial charge in [-0.2, -0.15) is 0 Å². The maximum atomic E-state index is 9.08. The summed E-state index contributed by atoms with van der Waals surface area (Å²) in [4.78, 5) is 4.37. The lowest BCUT2D eigenvalue weighted by Gasteiger charge is -2.17. The third-order valence-corrected chi connectivity index (χ3v) is 4.25. The largest absolute Gasteiger partial charge is 0.487 e. The number of hydrogen-bond donors (Lipinski definition) is 1. The van der Waals surface area contributed by atoms with E-state index in [-0.39, 0.29) is 0 Å². The van der Waals surface area contributed by atoms with Crippen LogP contribution in [0.15, 0.2) is 28.7 Å². The number of benzene rings is 1. The summed E-state index contributed by atoms with van der Waals surface area (Å²) in [5.41, 5.74) is 3.93. The van der Waals surface area contributed by atoms with Crippen LogP contribution in [0, 0.1) is 6.92 Å². The van der Waals surface area contributed by atoms with Crippen LogP contribution in [0.3, 0.4) is 0 Å². The van der Waals surface area contributed by atoms with Crippen LogP contribution in [-0.4, -0.2) is 15.9 Å². The average Bonchev–Trinajstić information content (AvgIpc) is 2.90. The van der Waals surface area contributed by atoms with Crippen molar-refractivity contribution in [2.45, 2.75) is 32.8 Å². The number of hydrogen-bond acceptors (Lipinski definition) is 5. The fraction of sp³-hybridized carbons (Fsp3) is 0.333. The van der Waals surface area contributed by atoms with Crippen LogP contribution in [0.25, 0.3) is 0 Å². The molecule has 1 aromatic heterocycles. The lowest BCUT2D eigenvalue weighted by molar-refractivity contribution is 0.301. The minimum atomic E-state index is 0.467. The molecule has 1 aliphatic rings. The lowest BCUT2D eigenvalue weighted by Crippen LogP contribution is -2.12. The van der Waals surface area contributed by atoms with E-state index in [1.54, 1.807) is 11.3 Å². The van der Waals surface area contributed by atoms with Gasteiger partial charge in [0.2, 0.25) is 0 Å². The van der Waals surface area contributed by atoms with E-state index in [0.29, 0.717) is 6.61 Å². The molecule has 0 aliphatic heterocycles. The molecule has 0 saturated heterocycles. The molecule has 4 nitrogen and oxygen atoms in total. The number of nitrogens with zero attached hydrogens (tertiary/aromatic N) is 2. The van der Waals surface area contributed by atoms with Crippen LogP contribution in [0.5, 0.6) is 5.75 Å². The van der Waals surface area contributed by atoms with Crippen molar-refractivity contribution >= 4 is 17.0 Å². The number of oxime groups is 1. The van der Waals surface area contributed by atoms with Gasteiger partial charge in [-0.05, 0) is 43.9 Å². The molecule has 1 N–H and O–H groups in total. The van der Waals surface area contributed by atoms with E-state index < -0.39 is 0 Å². The van der Waals surface area contributed by atoms with Crippen molar-refractivity contribution in [3.8, 4) is 5.75 Å². The Bertz CT molecular complexity index is 649. The van der Waals surface area contributed by atoms with Crippen LogP contribution >= 0.6 is 11.3 Å². The van der Waals surface area contributed by atoms with E-state index in [0.717, 1.165) is 47.0 Å². The summed E-state index contributed by atoms with van der Waals surface area (Å²) >= 11 is 1.62. The normalized spacial score (nSPS) is 16.1. The SMILES string of the molecule is Cc1nc(COc2ccc3c(c2)/C(=N\O)CCC3)cs1. The smallest absolute Gasteiger partial charge is 0.131 e. The number of aromatic nitrogens is 1. The molecule has 2 aromatic rings. The van der Waals surface area contributed by atoms with E-state index in [4.69, 9.17) is 9.94 Å². The molecule has 0 saturated carbocycles. The second kappa shape index (κ2) is 5.63. The summed E-state index contributed by atoms with van der Waals surface area (Å²) < 4.78 is 5.77. The Morgan fingerprint density at radius 1 is 1.40 bits per heavy atom. The molecule has 5 heteroatoms. The second-order valence-electron chi connectivity index (χ2n) is 4.87. The molecule has 0 bridgehead atoms. The van der Waals surface area contributed by atoms with E-state index in [9.17, 15) is 0 Å². The van der Waals surface area contributed by atoms with E-state index >= 15 is 0 Å². The highest BCUT2D eigenvalue weighted by Gasteiger charge is 2.16. The zero-order valence-corrected chi connectivity index (χ0v) is 12.1. The number of rotatable bonds is 3. The molecule has 0 unspecified atom stereocenters. The second-order valence-corrected chi connectivity index (χ2v) is 5.93. The first-order valence-corrected chi connectivity index (χ1v) is 7.52. The Balaban J connectivity index is 1.78. The molecule has 104 valence electrons. The quantitative estimate of drug-likeness (QED) is 0.694. The zero-order chi connectivity index (χ0) is 13.9. The predicted octanol–water partition coefficient (Wildman–Crippen LogP) is 3.55. The summed E-state index contributed by atoms with van der Waals surface area (Å²) in [5.74, 6) is 0.789. The summed E-state index contributed by atoms with van der Waals surface area (Å²) in [7, 11) is 0. The monoisotopic (exact) mass is 288 g/mol. The minimum Gasteiger partial charge on any atom is -0.487 e. The maximum Gasteiger partial charge on any atom is 0.131 e. The molecule has 1 heterocycles. The van der Waals surface area contributed by atoms with Gasteiger partial charge in [-0.25, -0.2) is 4.98 Å². The third-order valence-electron chi connectivity index (χ3n) is 3.43. The van der Waals surface area contributed by atoms with Gasteiger partial charge in [0.15, 0.2) is 0 Å². The molecule has 0 fully saturated rings.